The van der Waals surface area contributed by atoms with Gasteiger partial charge in [0.15, 0.2) is 0 Å². The van der Waals surface area contributed by atoms with Gasteiger partial charge in [0.1, 0.15) is 0 Å². The van der Waals surface area contributed by atoms with Crippen LogP contribution in [0.1, 0.15) is 38.3 Å². The minimum Gasteiger partial charge on any atom is -0.377 e. The molecule has 3 nitrogen and oxygen atoms in total. The second kappa shape index (κ2) is 7.41. The molecule has 0 spiro atoms. The van der Waals surface area contributed by atoms with Crippen LogP contribution in [0.15, 0.2) is 24.3 Å². The molecule has 20 heavy (non-hydrogen) atoms. The summed E-state index contributed by atoms with van der Waals surface area (Å²) >= 11 is 6.40. The Hall–Kier alpha value is -0.610. The van der Waals surface area contributed by atoms with Crippen LogP contribution in [0.25, 0.3) is 0 Å². The molecular weight excluding hydrogens is 272 g/mol. The molecule has 1 saturated heterocycles. The van der Waals surface area contributed by atoms with E-state index >= 15 is 0 Å². The van der Waals surface area contributed by atoms with Gasteiger partial charge >= 0.3 is 0 Å². The summed E-state index contributed by atoms with van der Waals surface area (Å²) < 4.78 is 5.75. The van der Waals surface area contributed by atoms with Crippen LogP contribution in [0, 0.1) is 0 Å². The third-order valence-corrected chi connectivity index (χ3v) is 4.32. The molecule has 1 aliphatic rings. The van der Waals surface area contributed by atoms with Crippen LogP contribution in [0.5, 0.6) is 0 Å². The lowest BCUT2D eigenvalue weighted by Crippen LogP contribution is -2.43. The average Bonchev–Trinajstić information content (AvgIpc) is 2.65. The Morgan fingerprint density at radius 2 is 2.20 bits per heavy atom. The second-order valence-corrected chi connectivity index (χ2v) is 5.98. The van der Waals surface area contributed by atoms with Crippen LogP contribution in [0.2, 0.25) is 5.02 Å². The normalized spacial score (nSPS) is 24.1. The molecule has 2 N–H and O–H groups in total. The minimum atomic E-state index is 0.0835. The van der Waals surface area contributed by atoms with E-state index in [1.807, 2.05) is 18.2 Å². The van der Waals surface area contributed by atoms with Crippen LogP contribution >= 0.6 is 11.6 Å². The van der Waals surface area contributed by atoms with E-state index < -0.39 is 0 Å². The van der Waals surface area contributed by atoms with Crippen molar-refractivity contribution in [2.75, 3.05) is 19.7 Å². The van der Waals surface area contributed by atoms with E-state index in [0.29, 0.717) is 0 Å². The second-order valence-electron chi connectivity index (χ2n) is 5.57. The fourth-order valence-electron chi connectivity index (χ4n) is 2.92. The number of nitrogens with two attached hydrogens (primary N) is 1. The highest BCUT2D eigenvalue weighted by atomic mass is 35.5. The molecule has 0 amide bonds. The van der Waals surface area contributed by atoms with Gasteiger partial charge in [0.2, 0.25) is 0 Å². The van der Waals surface area contributed by atoms with Gasteiger partial charge in [-0.2, -0.15) is 0 Å². The molecular formula is C16H25ClN2O. The lowest BCUT2D eigenvalue weighted by Gasteiger charge is -2.36. The summed E-state index contributed by atoms with van der Waals surface area (Å²) in [6.45, 7) is 7.00. The van der Waals surface area contributed by atoms with E-state index in [4.69, 9.17) is 22.1 Å². The molecule has 1 aromatic carbocycles. The van der Waals surface area contributed by atoms with Crippen LogP contribution in [-0.2, 0) is 4.74 Å². The summed E-state index contributed by atoms with van der Waals surface area (Å²) in [7, 11) is 0. The third-order valence-electron chi connectivity index (χ3n) is 3.98. The zero-order valence-electron chi connectivity index (χ0n) is 12.4. The Kier molecular flexibility index (Phi) is 5.85. The van der Waals surface area contributed by atoms with E-state index in [1.165, 1.54) is 0 Å². The molecule has 0 aromatic heterocycles. The number of benzene rings is 1. The maximum atomic E-state index is 6.40. The van der Waals surface area contributed by atoms with Gasteiger partial charge in [-0.1, -0.05) is 36.7 Å². The molecule has 1 aliphatic heterocycles. The maximum Gasteiger partial charge on any atom is 0.0674 e. The predicted octanol–water partition coefficient (Wildman–Crippen LogP) is 3.23. The Labute approximate surface area is 127 Å². The van der Waals surface area contributed by atoms with Crippen molar-refractivity contribution in [2.45, 2.75) is 44.9 Å². The minimum absolute atomic E-state index is 0.0835. The zero-order chi connectivity index (χ0) is 14.5. The zero-order valence-corrected chi connectivity index (χ0v) is 13.1. The van der Waals surface area contributed by atoms with Gasteiger partial charge < -0.3 is 10.5 Å². The highest BCUT2D eigenvalue weighted by Gasteiger charge is 2.29. The van der Waals surface area contributed by atoms with Crippen LogP contribution in [0.3, 0.4) is 0 Å². The highest BCUT2D eigenvalue weighted by molar-refractivity contribution is 6.31. The molecule has 1 aromatic rings. The maximum absolute atomic E-state index is 6.40. The summed E-state index contributed by atoms with van der Waals surface area (Å²) in [6.07, 6.45) is 2.22. The first-order valence-corrected chi connectivity index (χ1v) is 7.87. The molecule has 0 bridgehead atoms. The monoisotopic (exact) mass is 296 g/mol. The van der Waals surface area contributed by atoms with E-state index in [0.717, 1.165) is 43.1 Å². The van der Waals surface area contributed by atoms with Crippen molar-refractivity contribution in [1.82, 2.24) is 4.90 Å². The summed E-state index contributed by atoms with van der Waals surface area (Å²) in [5.41, 5.74) is 7.54. The van der Waals surface area contributed by atoms with Gasteiger partial charge in [0, 0.05) is 30.8 Å². The summed E-state index contributed by atoms with van der Waals surface area (Å²) in [6, 6.07) is 8.30. The first-order valence-electron chi connectivity index (χ1n) is 7.49. The number of rotatable bonds is 4. The molecule has 112 valence electrons. The average molecular weight is 297 g/mol. The quantitative estimate of drug-likeness (QED) is 0.927. The van der Waals surface area contributed by atoms with E-state index in [9.17, 15) is 0 Å². The summed E-state index contributed by atoms with van der Waals surface area (Å²) in [4.78, 5) is 2.44. The van der Waals surface area contributed by atoms with Gasteiger partial charge in [-0.05, 0) is 31.4 Å². The standard InChI is InChI=1S/C16H25ClN2O/c1-3-15(18)16(13-7-4-5-8-14(13)17)19-9-6-10-20-12(2)11-19/h4-5,7-8,12,15-16H,3,6,9-11,18H2,1-2H3. The lowest BCUT2D eigenvalue weighted by atomic mass is 9.95. The molecule has 2 rings (SSSR count). The van der Waals surface area contributed by atoms with E-state index in [2.05, 4.69) is 24.8 Å². The number of hydrogen-bond acceptors (Lipinski definition) is 3. The van der Waals surface area contributed by atoms with E-state index in [-0.39, 0.29) is 18.2 Å². The molecule has 0 radical (unpaired) electrons. The molecule has 3 unspecified atom stereocenters. The molecule has 4 heteroatoms. The third kappa shape index (κ3) is 3.73. The summed E-state index contributed by atoms with van der Waals surface area (Å²) in [5, 5.41) is 0.805. The van der Waals surface area contributed by atoms with E-state index in [1.54, 1.807) is 0 Å². The molecule has 1 fully saturated rings. The first-order chi connectivity index (χ1) is 9.63. The van der Waals surface area contributed by atoms with Gasteiger partial charge in [-0.25, -0.2) is 0 Å². The predicted molar refractivity (Wildman–Crippen MR) is 84.1 cm³/mol. The number of ether oxygens (including phenoxy) is 1. The van der Waals surface area contributed by atoms with Crippen molar-refractivity contribution in [2.24, 2.45) is 5.73 Å². The largest absolute Gasteiger partial charge is 0.377 e. The lowest BCUT2D eigenvalue weighted by molar-refractivity contribution is 0.0575. The van der Waals surface area contributed by atoms with Gasteiger partial charge in [0.05, 0.1) is 12.1 Å². The Balaban J connectivity index is 2.29. The number of nitrogens with zero attached hydrogens (tertiary/aromatic N) is 1. The smallest absolute Gasteiger partial charge is 0.0674 e. The van der Waals surface area contributed by atoms with Crippen LogP contribution < -0.4 is 5.73 Å². The van der Waals surface area contributed by atoms with Crippen molar-refractivity contribution in [3.05, 3.63) is 34.9 Å². The van der Waals surface area contributed by atoms with Crippen molar-refractivity contribution in [1.29, 1.82) is 0 Å². The van der Waals surface area contributed by atoms with Crippen LogP contribution in [-0.4, -0.2) is 36.7 Å². The SMILES string of the molecule is CCC(N)C(c1ccccc1Cl)N1CCCOC(C)C1. The Morgan fingerprint density at radius 3 is 2.90 bits per heavy atom. The number of halogens is 1. The highest BCUT2D eigenvalue weighted by Crippen LogP contribution is 2.31. The van der Waals surface area contributed by atoms with Crippen molar-refractivity contribution >= 4 is 11.6 Å². The van der Waals surface area contributed by atoms with Gasteiger partial charge in [0.25, 0.3) is 0 Å². The first kappa shape index (κ1) is 15.8. The van der Waals surface area contributed by atoms with Gasteiger partial charge in [-0.3, -0.25) is 4.90 Å². The Bertz CT molecular complexity index is 427. The topological polar surface area (TPSA) is 38.5 Å². The fraction of sp³-hybridized carbons (Fsp3) is 0.625. The van der Waals surface area contributed by atoms with Gasteiger partial charge in [-0.15, -0.1) is 0 Å². The van der Waals surface area contributed by atoms with Crippen molar-refractivity contribution in [3.8, 4) is 0 Å². The van der Waals surface area contributed by atoms with Crippen LogP contribution in [0.4, 0.5) is 0 Å². The molecule has 3 atom stereocenters. The van der Waals surface area contributed by atoms with Crippen molar-refractivity contribution < 1.29 is 4.74 Å². The molecule has 1 heterocycles. The molecule has 0 saturated carbocycles. The number of hydrogen-bond donors (Lipinski definition) is 1. The Morgan fingerprint density at radius 1 is 1.45 bits per heavy atom. The fourth-order valence-corrected chi connectivity index (χ4v) is 3.16. The summed E-state index contributed by atoms with van der Waals surface area (Å²) in [5.74, 6) is 0. The van der Waals surface area contributed by atoms with Crippen molar-refractivity contribution in [3.63, 3.8) is 0 Å². The molecule has 0 aliphatic carbocycles.